The minimum Gasteiger partial charge on any atom is -0.356 e. The number of nitrogens with one attached hydrogen (secondary N) is 3. The fourth-order valence-corrected chi connectivity index (χ4v) is 3.11. The van der Waals surface area contributed by atoms with Crippen LogP contribution in [0.4, 0.5) is 0 Å². The van der Waals surface area contributed by atoms with Gasteiger partial charge in [-0.2, -0.15) is 0 Å². The van der Waals surface area contributed by atoms with Crippen molar-refractivity contribution in [3.05, 3.63) is 35.9 Å². The van der Waals surface area contributed by atoms with Gasteiger partial charge in [0.2, 0.25) is 10.0 Å². The maximum absolute atomic E-state index is 11.3. The minimum absolute atomic E-state index is 0. The summed E-state index contributed by atoms with van der Waals surface area (Å²) in [5.74, 6) is 0.652. The molecular weight excluding hydrogens is 427 g/mol. The lowest BCUT2D eigenvalue weighted by Crippen LogP contribution is -2.53. The van der Waals surface area contributed by atoms with Gasteiger partial charge in [-0.3, -0.25) is 4.99 Å². The number of sulfonamides is 1. The first-order chi connectivity index (χ1) is 10.2. The first-order valence-corrected chi connectivity index (χ1v) is 9.08. The van der Waals surface area contributed by atoms with Gasteiger partial charge in [0.1, 0.15) is 0 Å². The van der Waals surface area contributed by atoms with Crippen LogP contribution in [0.2, 0.25) is 0 Å². The highest BCUT2D eigenvalue weighted by atomic mass is 127. The molecule has 1 rings (SSSR count). The first kappa shape index (κ1) is 22.1. The van der Waals surface area contributed by atoms with Crippen LogP contribution in [0.25, 0.3) is 0 Å². The molecule has 0 radical (unpaired) electrons. The molecule has 0 fully saturated rings. The molecule has 0 aliphatic carbocycles. The number of aliphatic imine (C=N–C) groups is 1. The Morgan fingerprint density at radius 3 is 2.30 bits per heavy atom. The fourth-order valence-electron chi connectivity index (χ4n) is 2.03. The monoisotopic (exact) mass is 454 g/mol. The van der Waals surface area contributed by atoms with Crippen LogP contribution >= 0.6 is 24.0 Å². The van der Waals surface area contributed by atoms with Gasteiger partial charge in [-0.05, 0) is 25.8 Å². The number of rotatable bonds is 7. The Kier molecular flexibility index (Phi) is 9.71. The van der Waals surface area contributed by atoms with Crippen LogP contribution in [0.15, 0.2) is 35.3 Å². The lowest BCUT2D eigenvalue weighted by Gasteiger charge is -2.26. The molecule has 0 saturated carbocycles. The van der Waals surface area contributed by atoms with Gasteiger partial charge >= 0.3 is 0 Å². The van der Waals surface area contributed by atoms with Crippen LogP contribution in [0.3, 0.4) is 0 Å². The molecule has 8 heteroatoms. The Hall–Kier alpha value is -0.870. The number of nitrogens with zero attached hydrogens (tertiary/aromatic N) is 1. The van der Waals surface area contributed by atoms with Crippen LogP contribution in [-0.2, 0) is 16.4 Å². The fraction of sp³-hybridized carbons (Fsp3) is 0.533. The molecule has 23 heavy (non-hydrogen) atoms. The van der Waals surface area contributed by atoms with Crippen molar-refractivity contribution in [2.45, 2.75) is 25.8 Å². The second-order valence-corrected chi connectivity index (χ2v) is 7.59. The van der Waals surface area contributed by atoms with Crippen LogP contribution < -0.4 is 15.4 Å². The largest absolute Gasteiger partial charge is 0.356 e. The Labute approximate surface area is 156 Å². The van der Waals surface area contributed by atoms with E-state index < -0.39 is 15.6 Å². The van der Waals surface area contributed by atoms with E-state index in [1.165, 1.54) is 5.56 Å². The van der Waals surface area contributed by atoms with E-state index >= 15 is 0 Å². The Morgan fingerprint density at radius 2 is 1.78 bits per heavy atom. The summed E-state index contributed by atoms with van der Waals surface area (Å²) in [4.78, 5) is 4.14. The summed E-state index contributed by atoms with van der Waals surface area (Å²) in [7, 11) is -1.55. The summed E-state index contributed by atoms with van der Waals surface area (Å²) < 4.78 is 25.2. The van der Waals surface area contributed by atoms with Crippen molar-refractivity contribution in [3.63, 3.8) is 0 Å². The summed E-state index contributed by atoms with van der Waals surface area (Å²) in [5.41, 5.74) is 0.662. The lowest BCUT2D eigenvalue weighted by molar-refractivity contribution is 0.446. The van der Waals surface area contributed by atoms with E-state index in [0.717, 1.165) is 19.2 Å². The molecule has 0 atom stereocenters. The third-order valence-corrected chi connectivity index (χ3v) is 3.86. The molecule has 0 saturated heterocycles. The third-order valence-electron chi connectivity index (χ3n) is 2.93. The quantitative estimate of drug-likeness (QED) is 0.330. The Morgan fingerprint density at radius 1 is 1.17 bits per heavy atom. The average Bonchev–Trinajstić information content (AvgIpc) is 2.41. The van der Waals surface area contributed by atoms with E-state index in [9.17, 15) is 8.42 Å². The first-order valence-electron chi connectivity index (χ1n) is 7.19. The molecular formula is C15H27IN4O2S. The second-order valence-electron chi connectivity index (χ2n) is 5.85. The molecule has 0 aliphatic heterocycles. The molecule has 0 bridgehead atoms. The minimum atomic E-state index is -3.24. The molecule has 0 unspecified atom stereocenters. The lowest BCUT2D eigenvalue weighted by atomic mass is 10.1. The summed E-state index contributed by atoms with van der Waals surface area (Å²) in [6.45, 7) is 4.82. The molecule has 3 N–H and O–H groups in total. The van der Waals surface area contributed by atoms with Crippen LogP contribution in [-0.4, -0.2) is 46.3 Å². The molecule has 132 valence electrons. The van der Waals surface area contributed by atoms with Crippen molar-refractivity contribution in [1.82, 2.24) is 15.4 Å². The predicted molar refractivity (Wildman–Crippen MR) is 107 cm³/mol. The smallest absolute Gasteiger partial charge is 0.209 e. The van der Waals surface area contributed by atoms with E-state index in [4.69, 9.17) is 0 Å². The van der Waals surface area contributed by atoms with E-state index in [2.05, 4.69) is 32.5 Å². The molecule has 0 amide bonds. The van der Waals surface area contributed by atoms with E-state index in [0.29, 0.717) is 12.5 Å². The molecule has 0 aromatic heterocycles. The standard InChI is InChI=1S/C15H26N4O2S.HI/c1-15(2,19-22(4,20)21)12-18-14(16-3)17-11-10-13-8-6-5-7-9-13;/h5-9,19H,10-12H2,1-4H3,(H2,16,17,18);1H. The van der Waals surface area contributed by atoms with Crippen LogP contribution in [0, 0.1) is 0 Å². The molecule has 1 aromatic carbocycles. The summed E-state index contributed by atoms with van der Waals surface area (Å²) in [6.07, 6.45) is 2.05. The maximum atomic E-state index is 11.3. The number of hydrogen-bond donors (Lipinski definition) is 3. The van der Waals surface area contributed by atoms with Crippen LogP contribution in [0.1, 0.15) is 19.4 Å². The van der Waals surface area contributed by atoms with Gasteiger partial charge in [0.15, 0.2) is 5.96 Å². The molecule has 0 heterocycles. The zero-order valence-electron chi connectivity index (χ0n) is 14.1. The highest BCUT2D eigenvalue weighted by Gasteiger charge is 2.22. The van der Waals surface area contributed by atoms with Gasteiger partial charge in [0.05, 0.1) is 6.26 Å². The van der Waals surface area contributed by atoms with Crippen molar-refractivity contribution >= 4 is 40.0 Å². The van der Waals surface area contributed by atoms with Gasteiger partial charge in [0.25, 0.3) is 0 Å². The highest BCUT2D eigenvalue weighted by molar-refractivity contribution is 14.0. The van der Waals surface area contributed by atoms with Gasteiger partial charge in [-0.15, -0.1) is 24.0 Å². The molecule has 0 aliphatic rings. The zero-order chi connectivity index (χ0) is 16.6. The average molecular weight is 454 g/mol. The number of hydrogen-bond acceptors (Lipinski definition) is 3. The summed E-state index contributed by atoms with van der Waals surface area (Å²) in [6, 6.07) is 10.2. The normalized spacial score (nSPS) is 12.4. The topological polar surface area (TPSA) is 82.6 Å². The van der Waals surface area contributed by atoms with Crippen molar-refractivity contribution in [1.29, 1.82) is 0 Å². The van der Waals surface area contributed by atoms with Crippen LogP contribution in [0.5, 0.6) is 0 Å². The molecule has 0 spiro atoms. The van der Waals surface area contributed by atoms with E-state index in [1.54, 1.807) is 7.05 Å². The maximum Gasteiger partial charge on any atom is 0.209 e. The predicted octanol–water partition coefficient (Wildman–Crippen LogP) is 1.34. The third kappa shape index (κ3) is 10.5. The Balaban J connectivity index is 0.00000484. The van der Waals surface area contributed by atoms with Crippen molar-refractivity contribution in [2.75, 3.05) is 26.4 Å². The number of halogens is 1. The van der Waals surface area contributed by atoms with Crippen molar-refractivity contribution in [3.8, 4) is 0 Å². The van der Waals surface area contributed by atoms with Crippen molar-refractivity contribution < 1.29 is 8.42 Å². The van der Waals surface area contributed by atoms with E-state index in [1.807, 2.05) is 32.0 Å². The van der Waals surface area contributed by atoms with Gasteiger partial charge < -0.3 is 10.6 Å². The van der Waals surface area contributed by atoms with Crippen molar-refractivity contribution in [2.24, 2.45) is 4.99 Å². The molecule has 1 aromatic rings. The zero-order valence-corrected chi connectivity index (χ0v) is 17.2. The SMILES string of the molecule is CN=C(NCCc1ccccc1)NCC(C)(C)NS(C)(=O)=O.I. The Bertz CT molecular complexity index is 589. The second kappa shape index (κ2) is 10.1. The summed E-state index contributed by atoms with van der Waals surface area (Å²) in [5, 5.41) is 6.35. The number of guanidine groups is 1. The van der Waals surface area contributed by atoms with Gasteiger partial charge in [-0.1, -0.05) is 30.3 Å². The van der Waals surface area contributed by atoms with Gasteiger partial charge in [0, 0.05) is 25.7 Å². The number of benzene rings is 1. The highest BCUT2D eigenvalue weighted by Crippen LogP contribution is 2.02. The summed E-state index contributed by atoms with van der Waals surface area (Å²) >= 11 is 0. The molecule has 6 nitrogen and oxygen atoms in total. The van der Waals surface area contributed by atoms with Gasteiger partial charge in [-0.25, -0.2) is 13.1 Å². The van der Waals surface area contributed by atoms with E-state index in [-0.39, 0.29) is 24.0 Å².